The minimum absolute atomic E-state index is 0.0335. The molecule has 8 nitrogen and oxygen atoms in total. The number of rotatable bonds is 8. The molecule has 4 aromatic rings. The van der Waals surface area contributed by atoms with Gasteiger partial charge in [0, 0.05) is 6.07 Å². The van der Waals surface area contributed by atoms with Crippen molar-refractivity contribution in [1.82, 2.24) is 0 Å². The SMILES string of the molecule is CCOC(=O)c1ccc(Oc2coc3cc(OC(=O)C(C)Oc4c(F)c(F)c(F)c(F)c4F)ccc3c2=O)cc1. The summed E-state index contributed by atoms with van der Waals surface area (Å²) in [7, 11) is 0. The molecule has 0 fully saturated rings. The normalized spacial score (nSPS) is 11.7. The first-order valence-electron chi connectivity index (χ1n) is 11.4. The van der Waals surface area contributed by atoms with E-state index in [1.807, 2.05) is 0 Å². The van der Waals surface area contributed by atoms with Crippen LogP contribution in [0.25, 0.3) is 11.0 Å². The summed E-state index contributed by atoms with van der Waals surface area (Å²) in [4.78, 5) is 36.9. The van der Waals surface area contributed by atoms with Crippen molar-refractivity contribution in [3.05, 3.63) is 93.6 Å². The first-order valence-corrected chi connectivity index (χ1v) is 11.4. The molecule has 3 aromatic carbocycles. The maximum absolute atomic E-state index is 13.8. The van der Waals surface area contributed by atoms with E-state index >= 15 is 0 Å². The number of hydrogen-bond acceptors (Lipinski definition) is 8. The fraction of sp³-hybridized carbons (Fsp3) is 0.148. The lowest BCUT2D eigenvalue weighted by Gasteiger charge is -2.15. The summed E-state index contributed by atoms with van der Waals surface area (Å²) in [6, 6.07) is 9.40. The van der Waals surface area contributed by atoms with Gasteiger partial charge in [-0.05, 0) is 50.2 Å². The van der Waals surface area contributed by atoms with Gasteiger partial charge in [-0.15, -0.1) is 0 Å². The maximum atomic E-state index is 13.8. The molecule has 0 aliphatic carbocycles. The van der Waals surface area contributed by atoms with Crippen LogP contribution in [0.3, 0.4) is 0 Å². The van der Waals surface area contributed by atoms with E-state index in [1.54, 1.807) is 6.92 Å². The van der Waals surface area contributed by atoms with Crippen molar-refractivity contribution in [2.75, 3.05) is 6.61 Å². The van der Waals surface area contributed by atoms with Crippen LogP contribution >= 0.6 is 0 Å². The van der Waals surface area contributed by atoms with Gasteiger partial charge < -0.3 is 23.4 Å². The molecule has 4 rings (SSSR count). The number of ether oxygens (including phenoxy) is 4. The molecule has 0 amide bonds. The van der Waals surface area contributed by atoms with Crippen LogP contribution in [0.2, 0.25) is 0 Å². The van der Waals surface area contributed by atoms with Crippen LogP contribution in [-0.4, -0.2) is 24.6 Å². The lowest BCUT2D eigenvalue weighted by Crippen LogP contribution is -2.29. The number of benzene rings is 3. The van der Waals surface area contributed by atoms with Gasteiger partial charge in [0.05, 0.1) is 17.6 Å². The van der Waals surface area contributed by atoms with Gasteiger partial charge in [-0.25, -0.2) is 22.8 Å². The van der Waals surface area contributed by atoms with Crippen LogP contribution in [0.1, 0.15) is 24.2 Å². The zero-order valence-electron chi connectivity index (χ0n) is 20.6. The van der Waals surface area contributed by atoms with Gasteiger partial charge in [-0.2, -0.15) is 8.78 Å². The van der Waals surface area contributed by atoms with Crippen molar-refractivity contribution < 1.29 is 54.9 Å². The predicted molar refractivity (Wildman–Crippen MR) is 127 cm³/mol. The number of fused-ring (bicyclic) bond motifs is 1. The van der Waals surface area contributed by atoms with E-state index < -0.39 is 58.3 Å². The summed E-state index contributed by atoms with van der Waals surface area (Å²) in [5.41, 5.74) is -0.334. The summed E-state index contributed by atoms with van der Waals surface area (Å²) >= 11 is 0. The van der Waals surface area contributed by atoms with Crippen molar-refractivity contribution in [2.24, 2.45) is 0 Å². The summed E-state index contributed by atoms with van der Waals surface area (Å²) in [6.45, 7) is 2.84. The number of esters is 2. The first-order chi connectivity index (χ1) is 19.0. The largest absolute Gasteiger partial charge is 0.473 e. The van der Waals surface area contributed by atoms with Gasteiger partial charge in [0.1, 0.15) is 23.3 Å². The minimum Gasteiger partial charge on any atom is -0.473 e. The molecule has 0 spiro atoms. The Morgan fingerprint density at radius 2 is 1.48 bits per heavy atom. The second-order valence-electron chi connectivity index (χ2n) is 8.01. The Bertz CT molecular complexity index is 1640. The van der Waals surface area contributed by atoms with E-state index in [0.717, 1.165) is 19.3 Å². The molecule has 1 atom stereocenters. The molecule has 0 saturated heterocycles. The highest BCUT2D eigenvalue weighted by Crippen LogP contribution is 2.30. The molecule has 1 aromatic heterocycles. The Labute approximate surface area is 221 Å². The molecule has 0 radical (unpaired) electrons. The average Bonchev–Trinajstić information content (AvgIpc) is 2.95. The highest BCUT2D eigenvalue weighted by atomic mass is 19.2. The third-order valence-electron chi connectivity index (χ3n) is 5.32. The number of halogens is 5. The lowest BCUT2D eigenvalue weighted by molar-refractivity contribution is -0.141. The first kappa shape index (κ1) is 28.1. The van der Waals surface area contributed by atoms with Crippen LogP contribution in [0.5, 0.6) is 23.0 Å². The lowest BCUT2D eigenvalue weighted by atomic mass is 10.2. The zero-order valence-corrected chi connectivity index (χ0v) is 20.6. The summed E-state index contributed by atoms with van der Waals surface area (Å²) in [6.07, 6.45) is -0.799. The summed E-state index contributed by atoms with van der Waals surface area (Å²) < 4.78 is 93.2. The van der Waals surface area contributed by atoms with Crippen molar-refractivity contribution in [3.8, 4) is 23.0 Å². The molecular weight excluding hydrogens is 547 g/mol. The quantitative estimate of drug-likeness (QED) is 0.0867. The van der Waals surface area contributed by atoms with E-state index in [9.17, 15) is 36.3 Å². The molecule has 208 valence electrons. The van der Waals surface area contributed by atoms with E-state index in [2.05, 4.69) is 4.74 Å². The minimum atomic E-state index is -2.38. The van der Waals surface area contributed by atoms with Crippen LogP contribution in [0.4, 0.5) is 22.0 Å². The Kier molecular flexibility index (Phi) is 8.03. The fourth-order valence-electron chi connectivity index (χ4n) is 3.34. The third-order valence-corrected chi connectivity index (χ3v) is 5.32. The fourth-order valence-corrected chi connectivity index (χ4v) is 3.34. The molecule has 40 heavy (non-hydrogen) atoms. The van der Waals surface area contributed by atoms with Crippen molar-refractivity contribution in [1.29, 1.82) is 0 Å². The molecule has 0 N–H and O–H groups in total. The van der Waals surface area contributed by atoms with E-state index in [4.69, 9.17) is 18.6 Å². The monoisotopic (exact) mass is 564 g/mol. The van der Waals surface area contributed by atoms with Gasteiger partial charge >= 0.3 is 11.9 Å². The van der Waals surface area contributed by atoms with Gasteiger partial charge in [-0.1, -0.05) is 0 Å². The Hall–Kier alpha value is -4.94. The molecule has 0 aliphatic rings. The standard InChI is InChI=1S/C27H17F5O8/c1-3-36-27(35)13-4-6-14(7-5-13)39-18-11-37-17-10-15(8-9-16(17)24(18)33)40-26(34)12(2)38-25-22(31)20(29)19(28)21(30)23(25)32/h4-12H,3H2,1-2H3. The van der Waals surface area contributed by atoms with Gasteiger partial charge in [0.15, 0.2) is 11.9 Å². The predicted octanol–water partition coefficient (Wildman–Crippen LogP) is 5.83. The smallest absolute Gasteiger partial charge is 0.352 e. The summed E-state index contributed by atoms with van der Waals surface area (Å²) in [5, 5.41) is 0.0335. The van der Waals surface area contributed by atoms with Gasteiger partial charge in [0.2, 0.25) is 40.3 Å². The number of carbonyl (C=O) groups is 2. The van der Waals surface area contributed by atoms with Gasteiger partial charge in [0.25, 0.3) is 0 Å². The van der Waals surface area contributed by atoms with Gasteiger partial charge in [-0.3, -0.25) is 4.79 Å². The second kappa shape index (κ2) is 11.4. The number of carbonyl (C=O) groups excluding carboxylic acids is 2. The van der Waals surface area contributed by atoms with Crippen LogP contribution < -0.4 is 19.6 Å². The van der Waals surface area contributed by atoms with E-state index in [0.29, 0.717) is 0 Å². The van der Waals surface area contributed by atoms with E-state index in [1.165, 1.54) is 36.4 Å². The molecular formula is C27H17F5O8. The molecule has 0 aliphatic heterocycles. The summed E-state index contributed by atoms with van der Waals surface area (Å²) in [5.74, 6) is -14.9. The Balaban J connectivity index is 1.48. The second-order valence-corrected chi connectivity index (χ2v) is 8.01. The number of hydrogen-bond donors (Lipinski definition) is 0. The average molecular weight is 564 g/mol. The molecule has 1 heterocycles. The van der Waals surface area contributed by atoms with E-state index in [-0.39, 0.29) is 40.4 Å². The van der Waals surface area contributed by atoms with Crippen molar-refractivity contribution >= 4 is 22.9 Å². The molecule has 0 bridgehead atoms. The van der Waals surface area contributed by atoms with Crippen molar-refractivity contribution in [2.45, 2.75) is 20.0 Å². The van der Waals surface area contributed by atoms with Crippen LogP contribution in [0.15, 0.2) is 57.9 Å². The topological polar surface area (TPSA) is 101 Å². The Morgan fingerprint density at radius 3 is 2.10 bits per heavy atom. The molecule has 1 unspecified atom stereocenters. The highest BCUT2D eigenvalue weighted by Gasteiger charge is 2.30. The van der Waals surface area contributed by atoms with Crippen LogP contribution in [0, 0.1) is 29.1 Å². The zero-order chi connectivity index (χ0) is 29.1. The third kappa shape index (κ3) is 5.58. The van der Waals surface area contributed by atoms with Crippen LogP contribution in [-0.2, 0) is 9.53 Å². The maximum Gasteiger partial charge on any atom is 0.352 e. The highest BCUT2D eigenvalue weighted by molar-refractivity contribution is 5.89. The van der Waals surface area contributed by atoms with Crippen molar-refractivity contribution in [3.63, 3.8) is 0 Å². The Morgan fingerprint density at radius 1 is 0.875 bits per heavy atom. The molecule has 13 heteroatoms. The molecule has 0 saturated carbocycles.